The predicted molar refractivity (Wildman–Crippen MR) is 110 cm³/mol. The molecule has 0 saturated carbocycles. The Labute approximate surface area is 172 Å². The zero-order chi connectivity index (χ0) is 20.8. The Morgan fingerprint density at radius 2 is 2.03 bits per heavy atom. The molecular weight excluding hydrogens is 370 g/mol. The van der Waals surface area contributed by atoms with E-state index in [1.54, 1.807) is 14.2 Å². The van der Waals surface area contributed by atoms with Crippen molar-refractivity contribution in [1.82, 2.24) is 25.0 Å². The summed E-state index contributed by atoms with van der Waals surface area (Å²) in [5.74, 6) is 3.39. The number of ether oxygens (including phenoxy) is 2. The minimum absolute atomic E-state index is 0.00913. The fourth-order valence-electron chi connectivity index (χ4n) is 3.56. The molecule has 1 aromatic heterocycles. The van der Waals surface area contributed by atoms with E-state index in [2.05, 4.69) is 31.0 Å². The number of para-hydroxylation sites is 1. The minimum atomic E-state index is 0.00913. The van der Waals surface area contributed by atoms with E-state index >= 15 is 0 Å². The molecule has 0 radical (unpaired) electrons. The number of benzene rings is 1. The molecule has 0 bridgehead atoms. The van der Waals surface area contributed by atoms with Crippen molar-refractivity contribution in [3.8, 4) is 11.5 Å². The van der Waals surface area contributed by atoms with Crippen molar-refractivity contribution in [2.45, 2.75) is 46.3 Å². The van der Waals surface area contributed by atoms with Crippen LogP contribution in [0.2, 0.25) is 0 Å². The van der Waals surface area contributed by atoms with Crippen molar-refractivity contribution in [2.24, 2.45) is 5.92 Å². The second kappa shape index (κ2) is 9.73. The summed E-state index contributed by atoms with van der Waals surface area (Å²) < 4.78 is 13.1. The van der Waals surface area contributed by atoms with E-state index in [4.69, 9.17) is 9.47 Å². The Hall–Kier alpha value is -2.61. The highest BCUT2D eigenvalue weighted by atomic mass is 16.5. The van der Waals surface area contributed by atoms with Gasteiger partial charge in [0.25, 0.3) is 0 Å². The number of amides is 1. The molecule has 3 rings (SSSR count). The van der Waals surface area contributed by atoms with Gasteiger partial charge in [0.15, 0.2) is 17.3 Å². The van der Waals surface area contributed by atoms with Gasteiger partial charge in [0.2, 0.25) is 5.91 Å². The summed E-state index contributed by atoms with van der Waals surface area (Å²) in [5, 5.41) is 11.6. The van der Waals surface area contributed by atoms with Gasteiger partial charge in [0.1, 0.15) is 5.82 Å². The smallest absolute Gasteiger partial charge is 0.223 e. The van der Waals surface area contributed by atoms with Crippen molar-refractivity contribution < 1.29 is 14.3 Å². The molecule has 158 valence electrons. The van der Waals surface area contributed by atoms with Gasteiger partial charge < -0.3 is 19.4 Å². The molecule has 8 heteroatoms. The molecular formula is C21H31N5O3. The van der Waals surface area contributed by atoms with Crippen LogP contribution in [0.1, 0.15) is 37.5 Å². The Morgan fingerprint density at radius 3 is 2.76 bits per heavy atom. The lowest BCUT2D eigenvalue weighted by molar-refractivity contribution is -0.124. The molecule has 1 aliphatic heterocycles. The van der Waals surface area contributed by atoms with Crippen LogP contribution in [0.15, 0.2) is 18.2 Å². The molecule has 0 aliphatic carbocycles. The van der Waals surface area contributed by atoms with Crippen molar-refractivity contribution in [3.05, 3.63) is 35.4 Å². The van der Waals surface area contributed by atoms with Crippen LogP contribution in [-0.4, -0.2) is 52.9 Å². The first-order valence-corrected chi connectivity index (χ1v) is 10.2. The summed E-state index contributed by atoms with van der Waals surface area (Å²) in [6.45, 7) is 7.70. The number of hydrogen-bond acceptors (Lipinski definition) is 6. The fraction of sp³-hybridized carbons (Fsp3) is 0.571. The highest BCUT2D eigenvalue weighted by Gasteiger charge is 2.21. The van der Waals surface area contributed by atoms with Crippen molar-refractivity contribution >= 4 is 5.91 Å². The Morgan fingerprint density at radius 1 is 1.21 bits per heavy atom. The van der Waals surface area contributed by atoms with Crippen LogP contribution in [0.5, 0.6) is 11.5 Å². The highest BCUT2D eigenvalue weighted by Crippen LogP contribution is 2.31. The number of carbonyl (C=O) groups is 1. The van der Waals surface area contributed by atoms with E-state index in [-0.39, 0.29) is 11.8 Å². The van der Waals surface area contributed by atoms with Crippen LogP contribution in [-0.2, 0) is 30.8 Å². The molecule has 1 N–H and O–H groups in total. The fourth-order valence-corrected chi connectivity index (χ4v) is 3.56. The lowest BCUT2D eigenvalue weighted by Gasteiger charge is -2.21. The number of hydrogen-bond donors (Lipinski definition) is 1. The second-order valence-electron chi connectivity index (χ2n) is 7.39. The van der Waals surface area contributed by atoms with Gasteiger partial charge in [0.05, 0.1) is 20.8 Å². The number of methoxy groups -OCH3 is 2. The largest absolute Gasteiger partial charge is 0.493 e. The third kappa shape index (κ3) is 4.87. The molecule has 1 atom stereocenters. The van der Waals surface area contributed by atoms with E-state index < -0.39 is 0 Å². The monoisotopic (exact) mass is 401 g/mol. The van der Waals surface area contributed by atoms with Crippen LogP contribution in [0.25, 0.3) is 0 Å². The Balaban J connectivity index is 1.64. The van der Waals surface area contributed by atoms with Gasteiger partial charge in [-0.25, -0.2) is 0 Å². The average molecular weight is 402 g/mol. The topological polar surface area (TPSA) is 81.5 Å². The van der Waals surface area contributed by atoms with Crippen molar-refractivity contribution in [3.63, 3.8) is 0 Å². The van der Waals surface area contributed by atoms with Gasteiger partial charge in [-0.15, -0.1) is 10.2 Å². The number of carbonyl (C=O) groups excluding carboxylic acids is 1. The molecule has 0 spiro atoms. The predicted octanol–water partition coefficient (Wildman–Crippen LogP) is 2.02. The van der Waals surface area contributed by atoms with Gasteiger partial charge in [-0.3, -0.25) is 9.69 Å². The number of fused-ring (bicyclic) bond motifs is 1. The number of nitrogens with one attached hydrogen (secondary N) is 1. The first kappa shape index (κ1) is 21.1. The van der Waals surface area contributed by atoms with Crippen LogP contribution in [0.3, 0.4) is 0 Å². The molecule has 2 aromatic rings. The van der Waals surface area contributed by atoms with Crippen LogP contribution in [0, 0.1) is 5.92 Å². The first-order chi connectivity index (χ1) is 14.1. The van der Waals surface area contributed by atoms with Gasteiger partial charge in [0, 0.05) is 44.1 Å². The van der Waals surface area contributed by atoms with E-state index in [0.29, 0.717) is 6.54 Å². The zero-order valence-corrected chi connectivity index (χ0v) is 17.8. The van der Waals surface area contributed by atoms with Crippen LogP contribution in [0.4, 0.5) is 0 Å². The third-order valence-corrected chi connectivity index (χ3v) is 5.55. The van der Waals surface area contributed by atoms with Crippen molar-refractivity contribution in [2.75, 3.05) is 27.3 Å². The van der Waals surface area contributed by atoms with E-state index in [1.807, 2.05) is 26.0 Å². The standard InChI is InChI=1S/C21H31N5O3/c1-5-15(2)21(27)22-13-19-24-23-18-9-10-25(11-12-26(18)19)14-16-7-6-8-17(28-3)20(16)29-4/h6-8,15H,5,9-14H2,1-4H3,(H,22,27)/t15-/m1/s1. The molecule has 0 unspecified atom stereocenters. The van der Waals surface area contributed by atoms with Gasteiger partial charge >= 0.3 is 0 Å². The summed E-state index contributed by atoms with van der Waals surface area (Å²) in [6.07, 6.45) is 1.64. The molecule has 0 saturated heterocycles. The minimum Gasteiger partial charge on any atom is -0.493 e. The van der Waals surface area contributed by atoms with Gasteiger partial charge in [-0.05, 0) is 12.5 Å². The van der Waals surface area contributed by atoms with Crippen LogP contribution >= 0.6 is 0 Å². The quantitative estimate of drug-likeness (QED) is 0.729. The third-order valence-electron chi connectivity index (χ3n) is 5.55. The SMILES string of the molecule is CC[C@@H](C)C(=O)NCc1nnc2n1CCN(Cc1cccc(OC)c1OC)CC2. The lowest BCUT2D eigenvalue weighted by atomic mass is 10.1. The Bertz CT molecular complexity index is 836. The molecule has 2 heterocycles. The summed E-state index contributed by atoms with van der Waals surface area (Å²) >= 11 is 0. The van der Waals surface area contributed by atoms with E-state index in [1.165, 1.54) is 0 Å². The molecule has 29 heavy (non-hydrogen) atoms. The number of aromatic nitrogens is 3. The molecule has 1 aromatic carbocycles. The maximum Gasteiger partial charge on any atom is 0.223 e. The summed E-state index contributed by atoms with van der Waals surface area (Å²) in [7, 11) is 3.33. The maximum atomic E-state index is 12.1. The summed E-state index contributed by atoms with van der Waals surface area (Å²) in [4.78, 5) is 14.5. The number of rotatable bonds is 8. The van der Waals surface area contributed by atoms with Crippen molar-refractivity contribution in [1.29, 1.82) is 0 Å². The molecule has 8 nitrogen and oxygen atoms in total. The summed E-state index contributed by atoms with van der Waals surface area (Å²) in [5.41, 5.74) is 1.10. The van der Waals surface area contributed by atoms with Gasteiger partial charge in [-0.1, -0.05) is 26.0 Å². The molecule has 1 aliphatic rings. The lowest BCUT2D eigenvalue weighted by Crippen LogP contribution is -2.30. The van der Waals surface area contributed by atoms with Crippen LogP contribution < -0.4 is 14.8 Å². The van der Waals surface area contributed by atoms with E-state index in [9.17, 15) is 4.79 Å². The molecule has 1 amide bonds. The average Bonchev–Trinajstić information content (AvgIpc) is 3.03. The second-order valence-corrected chi connectivity index (χ2v) is 7.39. The maximum absolute atomic E-state index is 12.1. The normalized spacial score (nSPS) is 15.3. The number of nitrogens with zero attached hydrogens (tertiary/aromatic N) is 4. The Kier molecular flexibility index (Phi) is 7.09. The van der Waals surface area contributed by atoms with E-state index in [0.717, 1.165) is 67.7 Å². The first-order valence-electron chi connectivity index (χ1n) is 10.2. The van der Waals surface area contributed by atoms with Gasteiger partial charge in [-0.2, -0.15) is 0 Å². The zero-order valence-electron chi connectivity index (χ0n) is 17.8. The molecule has 0 fully saturated rings. The summed E-state index contributed by atoms with van der Waals surface area (Å²) in [6, 6.07) is 5.97. The highest BCUT2D eigenvalue weighted by molar-refractivity contribution is 5.78.